The Kier molecular flexibility index (Phi) is 5.78. The Balaban J connectivity index is 1.71. The molecule has 0 saturated heterocycles. The number of nitrogens with two attached hydrogens (primary N) is 1. The normalized spacial score (nSPS) is 13.9. The molecule has 2 aromatic rings. The number of benzene rings is 2. The van der Waals surface area contributed by atoms with E-state index in [1.165, 1.54) is 5.56 Å². The summed E-state index contributed by atoms with van der Waals surface area (Å²) >= 11 is 0. The first-order valence-electron chi connectivity index (χ1n) is 7.23. The van der Waals surface area contributed by atoms with Crippen LogP contribution in [0.3, 0.4) is 0 Å². The molecule has 0 aromatic heterocycles. The molecule has 2 atom stereocenters. The second-order valence-electron chi connectivity index (χ2n) is 5.10. The van der Waals surface area contributed by atoms with E-state index < -0.39 is 0 Å². The van der Waals surface area contributed by atoms with E-state index >= 15 is 0 Å². The molecule has 0 fully saturated rings. The summed E-state index contributed by atoms with van der Waals surface area (Å²) in [7, 11) is 0. The lowest BCUT2D eigenvalue weighted by Gasteiger charge is -2.20. The Hall–Kier alpha value is -1.64. The van der Waals surface area contributed by atoms with Crippen molar-refractivity contribution in [2.75, 3.05) is 6.61 Å². The molecular formula is C18H23NO. The van der Waals surface area contributed by atoms with Crippen molar-refractivity contribution in [3.63, 3.8) is 0 Å². The summed E-state index contributed by atoms with van der Waals surface area (Å²) in [6, 6.07) is 20.6. The number of aryl methyl sites for hydroxylation is 1. The van der Waals surface area contributed by atoms with Gasteiger partial charge in [0, 0.05) is 6.61 Å². The fourth-order valence-corrected chi connectivity index (χ4v) is 2.24. The van der Waals surface area contributed by atoms with Gasteiger partial charge in [0.2, 0.25) is 0 Å². The van der Waals surface area contributed by atoms with Crippen molar-refractivity contribution in [2.24, 2.45) is 5.73 Å². The van der Waals surface area contributed by atoms with Crippen LogP contribution in [0.5, 0.6) is 0 Å². The summed E-state index contributed by atoms with van der Waals surface area (Å²) in [6.07, 6.45) is 2.11. The molecule has 0 radical (unpaired) electrons. The summed E-state index contributed by atoms with van der Waals surface area (Å²) in [4.78, 5) is 0. The summed E-state index contributed by atoms with van der Waals surface area (Å²) in [5, 5.41) is 0. The first kappa shape index (κ1) is 14.8. The quantitative estimate of drug-likeness (QED) is 0.777. The molecule has 0 aliphatic heterocycles. The van der Waals surface area contributed by atoms with Crippen LogP contribution in [0.2, 0.25) is 0 Å². The van der Waals surface area contributed by atoms with Crippen LogP contribution in [0.25, 0.3) is 0 Å². The second-order valence-corrected chi connectivity index (χ2v) is 5.10. The van der Waals surface area contributed by atoms with Gasteiger partial charge in [-0.2, -0.15) is 0 Å². The van der Waals surface area contributed by atoms with Crippen LogP contribution in [0, 0.1) is 0 Å². The lowest BCUT2D eigenvalue weighted by atomic mass is 10.0. The Bertz CT molecular complexity index is 483. The number of hydrogen-bond acceptors (Lipinski definition) is 2. The first-order chi connectivity index (χ1) is 9.77. The molecule has 0 aliphatic carbocycles. The van der Waals surface area contributed by atoms with E-state index in [1.54, 1.807) is 0 Å². The van der Waals surface area contributed by atoms with Crippen LogP contribution in [-0.4, -0.2) is 12.7 Å². The highest BCUT2D eigenvalue weighted by atomic mass is 16.5. The summed E-state index contributed by atoms with van der Waals surface area (Å²) < 4.78 is 5.85. The second kappa shape index (κ2) is 7.83. The standard InChI is InChI=1S/C18H23NO/c1-15(18(19)17-12-6-3-7-13-17)20-14-8-11-16-9-4-2-5-10-16/h2-7,9-10,12-13,15,18H,8,11,14,19H2,1H3. The average Bonchev–Trinajstić information content (AvgIpc) is 2.52. The molecule has 0 spiro atoms. The van der Waals surface area contributed by atoms with Gasteiger partial charge in [-0.3, -0.25) is 0 Å². The van der Waals surface area contributed by atoms with Crippen molar-refractivity contribution in [3.8, 4) is 0 Å². The van der Waals surface area contributed by atoms with Gasteiger partial charge in [0.1, 0.15) is 0 Å². The third-order valence-electron chi connectivity index (χ3n) is 3.52. The fourth-order valence-electron chi connectivity index (χ4n) is 2.24. The zero-order chi connectivity index (χ0) is 14.2. The van der Waals surface area contributed by atoms with Gasteiger partial charge in [0.05, 0.1) is 12.1 Å². The zero-order valence-corrected chi connectivity index (χ0v) is 12.0. The van der Waals surface area contributed by atoms with E-state index in [9.17, 15) is 0 Å². The van der Waals surface area contributed by atoms with Crippen molar-refractivity contribution in [2.45, 2.75) is 31.9 Å². The molecule has 2 unspecified atom stereocenters. The van der Waals surface area contributed by atoms with Crippen LogP contribution < -0.4 is 5.73 Å². The molecule has 2 rings (SSSR count). The monoisotopic (exact) mass is 269 g/mol. The molecule has 0 bridgehead atoms. The highest BCUT2D eigenvalue weighted by Gasteiger charge is 2.14. The first-order valence-corrected chi connectivity index (χ1v) is 7.23. The van der Waals surface area contributed by atoms with E-state index in [0.29, 0.717) is 0 Å². The van der Waals surface area contributed by atoms with Crippen molar-refractivity contribution < 1.29 is 4.74 Å². The minimum atomic E-state index is -0.0621. The van der Waals surface area contributed by atoms with E-state index in [2.05, 4.69) is 36.4 Å². The van der Waals surface area contributed by atoms with Crippen LogP contribution in [0.4, 0.5) is 0 Å². The SMILES string of the molecule is CC(OCCCc1ccccc1)C(N)c1ccccc1. The topological polar surface area (TPSA) is 35.2 Å². The third-order valence-corrected chi connectivity index (χ3v) is 3.52. The van der Waals surface area contributed by atoms with E-state index in [0.717, 1.165) is 25.0 Å². The number of hydrogen-bond donors (Lipinski definition) is 1. The molecule has 0 aliphatic rings. The van der Waals surface area contributed by atoms with Crippen molar-refractivity contribution in [1.82, 2.24) is 0 Å². The van der Waals surface area contributed by atoms with Crippen molar-refractivity contribution >= 4 is 0 Å². The van der Waals surface area contributed by atoms with Crippen LogP contribution in [0.15, 0.2) is 60.7 Å². The van der Waals surface area contributed by atoms with Gasteiger partial charge in [-0.25, -0.2) is 0 Å². The van der Waals surface area contributed by atoms with Gasteiger partial charge < -0.3 is 10.5 Å². The molecule has 2 N–H and O–H groups in total. The molecule has 20 heavy (non-hydrogen) atoms. The molecular weight excluding hydrogens is 246 g/mol. The predicted octanol–water partition coefficient (Wildman–Crippen LogP) is 3.72. The smallest absolute Gasteiger partial charge is 0.0739 e. The Morgan fingerprint density at radius 1 is 0.950 bits per heavy atom. The van der Waals surface area contributed by atoms with Gasteiger partial charge in [0.25, 0.3) is 0 Å². The summed E-state index contributed by atoms with van der Waals surface area (Å²) in [5.74, 6) is 0. The highest BCUT2D eigenvalue weighted by molar-refractivity contribution is 5.19. The fraction of sp³-hybridized carbons (Fsp3) is 0.333. The largest absolute Gasteiger partial charge is 0.377 e. The van der Waals surface area contributed by atoms with Crippen LogP contribution >= 0.6 is 0 Å². The average molecular weight is 269 g/mol. The minimum absolute atomic E-state index is 0.0353. The Morgan fingerprint density at radius 2 is 1.55 bits per heavy atom. The molecule has 0 saturated carbocycles. The molecule has 2 nitrogen and oxygen atoms in total. The lowest BCUT2D eigenvalue weighted by molar-refractivity contribution is 0.0466. The zero-order valence-electron chi connectivity index (χ0n) is 12.0. The van der Waals surface area contributed by atoms with Gasteiger partial charge in [0.15, 0.2) is 0 Å². The highest BCUT2D eigenvalue weighted by Crippen LogP contribution is 2.16. The minimum Gasteiger partial charge on any atom is -0.377 e. The Labute approximate surface area is 121 Å². The number of rotatable bonds is 7. The predicted molar refractivity (Wildman–Crippen MR) is 83.5 cm³/mol. The summed E-state index contributed by atoms with van der Waals surface area (Å²) in [5.41, 5.74) is 8.69. The third kappa shape index (κ3) is 4.48. The number of ether oxygens (including phenoxy) is 1. The Morgan fingerprint density at radius 3 is 2.20 bits per heavy atom. The molecule has 0 heterocycles. The maximum atomic E-state index is 6.21. The van der Waals surface area contributed by atoms with Crippen molar-refractivity contribution in [3.05, 3.63) is 71.8 Å². The van der Waals surface area contributed by atoms with E-state index in [4.69, 9.17) is 10.5 Å². The lowest BCUT2D eigenvalue weighted by Crippen LogP contribution is -2.26. The molecule has 2 heteroatoms. The van der Waals surface area contributed by atoms with E-state index in [-0.39, 0.29) is 12.1 Å². The van der Waals surface area contributed by atoms with Gasteiger partial charge in [-0.05, 0) is 30.9 Å². The maximum Gasteiger partial charge on any atom is 0.0739 e. The van der Waals surface area contributed by atoms with Gasteiger partial charge in [-0.1, -0.05) is 60.7 Å². The van der Waals surface area contributed by atoms with E-state index in [1.807, 2.05) is 31.2 Å². The van der Waals surface area contributed by atoms with Gasteiger partial charge >= 0.3 is 0 Å². The maximum absolute atomic E-state index is 6.21. The summed E-state index contributed by atoms with van der Waals surface area (Å²) in [6.45, 7) is 2.79. The van der Waals surface area contributed by atoms with Gasteiger partial charge in [-0.15, -0.1) is 0 Å². The van der Waals surface area contributed by atoms with Crippen molar-refractivity contribution in [1.29, 1.82) is 0 Å². The molecule has 0 amide bonds. The molecule has 106 valence electrons. The van der Waals surface area contributed by atoms with Crippen LogP contribution in [-0.2, 0) is 11.2 Å². The van der Waals surface area contributed by atoms with Crippen LogP contribution in [0.1, 0.15) is 30.5 Å². The molecule has 2 aromatic carbocycles.